The van der Waals surface area contributed by atoms with E-state index in [1.54, 1.807) is 26.0 Å². The molecular formula is C16H17F3N6O2S. The lowest BCUT2D eigenvalue weighted by Gasteiger charge is -2.11. The summed E-state index contributed by atoms with van der Waals surface area (Å²) in [4.78, 5) is 0.0991. The van der Waals surface area contributed by atoms with Gasteiger partial charge in [0.2, 0.25) is 10.0 Å². The summed E-state index contributed by atoms with van der Waals surface area (Å²) in [5, 5.41) is 13.3. The molecule has 0 fully saturated rings. The van der Waals surface area contributed by atoms with Crippen molar-refractivity contribution in [3.8, 4) is 0 Å². The van der Waals surface area contributed by atoms with Gasteiger partial charge in [0, 0.05) is 12.6 Å². The van der Waals surface area contributed by atoms with Gasteiger partial charge in [0.05, 0.1) is 4.90 Å². The number of rotatable bonds is 6. The van der Waals surface area contributed by atoms with Gasteiger partial charge in [-0.05, 0) is 43.7 Å². The van der Waals surface area contributed by atoms with E-state index in [0.717, 1.165) is 0 Å². The van der Waals surface area contributed by atoms with Crippen LogP contribution in [0.5, 0.6) is 0 Å². The first-order valence-electron chi connectivity index (χ1n) is 8.21. The number of aromatic nitrogens is 4. The summed E-state index contributed by atoms with van der Waals surface area (Å²) in [7, 11) is -3.65. The number of fused-ring (bicyclic) bond motifs is 1. The van der Waals surface area contributed by atoms with Crippen molar-refractivity contribution in [1.29, 1.82) is 0 Å². The molecule has 0 saturated carbocycles. The molecule has 0 atom stereocenters. The Morgan fingerprint density at radius 1 is 1.14 bits per heavy atom. The SMILES string of the molecule is CC(C)NS(=O)(=O)c1cccc(CNc2ccc3nnc(C(F)(F)F)n3n2)c1. The molecule has 28 heavy (non-hydrogen) atoms. The van der Waals surface area contributed by atoms with Gasteiger partial charge in [-0.15, -0.1) is 15.3 Å². The van der Waals surface area contributed by atoms with Gasteiger partial charge in [0.1, 0.15) is 5.82 Å². The minimum Gasteiger partial charge on any atom is -0.365 e. The minimum absolute atomic E-state index is 0.0364. The number of alkyl halides is 3. The summed E-state index contributed by atoms with van der Waals surface area (Å²) in [6, 6.07) is 8.79. The Morgan fingerprint density at radius 3 is 2.57 bits per heavy atom. The number of halogens is 3. The van der Waals surface area contributed by atoms with E-state index < -0.39 is 22.0 Å². The van der Waals surface area contributed by atoms with Crippen LogP contribution in [0.2, 0.25) is 0 Å². The number of anilines is 1. The lowest BCUT2D eigenvalue weighted by molar-refractivity contribution is -0.146. The number of hydrogen-bond donors (Lipinski definition) is 2. The van der Waals surface area contributed by atoms with E-state index in [1.165, 1.54) is 24.3 Å². The largest absolute Gasteiger partial charge is 0.453 e. The summed E-state index contributed by atoms with van der Waals surface area (Å²) < 4.78 is 66.4. The molecule has 0 unspecified atom stereocenters. The molecule has 0 amide bonds. The molecule has 2 heterocycles. The fourth-order valence-electron chi connectivity index (χ4n) is 2.45. The molecule has 1 aromatic carbocycles. The molecule has 2 N–H and O–H groups in total. The Hall–Kier alpha value is -2.73. The highest BCUT2D eigenvalue weighted by atomic mass is 32.2. The molecule has 0 saturated heterocycles. The lowest BCUT2D eigenvalue weighted by Crippen LogP contribution is -2.30. The lowest BCUT2D eigenvalue weighted by atomic mass is 10.2. The third kappa shape index (κ3) is 4.39. The molecule has 0 spiro atoms. The highest BCUT2D eigenvalue weighted by Crippen LogP contribution is 2.27. The number of hydrogen-bond acceptors (Lipinski definition) is 6. The molecule has 3 aromatic rings. The normalized spacial score (nSPS) is 12.6. The van der Waals surface area contributed by atoms with Crippen molar-refractivity contribution in [3.63, 3.8) is 0 Å². The Labute approximate surface area is 158 Å². The first-order chi connectivity index (χ1) is 13.1. The molecule has 8 nitrogen and oxygen atoms in total. The Balaban J connectivity index is 1.80. The Kier molecular flexibility index (Phi) is 5.26. The second-order valence-electron chi connectivity index (χ2n) is 6.29. The maximum atomic E-state index is 12.9. The van der Waals surface area contributed by atoms with Crippen molar-refractivity contribution < 1.29 is 21.6 Å². The quantitative estimate of drug-likeness (QED) is 0.643. The Bertz CT molecular complexity index is 1100. The van der Waals surface area contributed by atoms with Gasteiger partial charge in [-0.25, -0.2) is 13.1 Å². The summed E-state index contributed by atoms with van der Waals surface area (Å²) >= 11 is 0. The van der Waals surface area contributed by atoms with E-state index in [9.17, 15) is 21.6 Å². The molecule has 0 aliphatic rings. The average molecular weight is 414 g/mol. The molecule has 0 aliphatic carbocycles. The first kappa shape index (κ1) is 20.0. The van der Waals surface area contributed by atoms with Crippen LogP contribution in [0.3, 0.4) is 0 Å². The third-order valence-corrected chi connectivity index (χ3v) is 5.25. The van der Waals surface area contributed by atoms with Crippen molar-refractivity contribution in [2.45, 2.75) is 37.5 Å². The third-order valence-electron chi connectivity index (χ3n) is 3.59. The van der Waals surface area contributed by atoms with E-state index in [-0.39, 0.29) is 28.9 Å². The maximum absolute atomic E-state index is 12.9. The van der Waals surface area contributed by atoms with Gasteiger partial charge in [-0.2, -0.15) is 17.7 Å². The molecular weight excluding hydrogens is 397 g/mol. The van der Waals surface area contributed by atoms with Crippen molar-refractivity contribution in [2.24, 2.45) is 0 Å². The van der Waals surface area contributed by atoms with Crippen LogP contribution in [-0.2, 0) is 22.7 Å². The standard InChI is InChI=1S/C16H17F3N6O2S/c1-10(2)24-28(26,27)12-5-3-4-11(8-12)9-20-13-6-7-14-21-22-15(16(17,18)19)25(14)23-13/h3-8,10,24H,9H2,1-2H3,(H,20,23). The number of sulfonamides is 1. The van der Waals surface area contributed by atoms with Crippen LogP contribution in [0.15, 0.2) is 41.3 Å². The highest BCUT2D eigenvalue weighted by Gasteiger charge is 2.37. The monoisotopic (exact) mass is 414 g/mol. The highest BCUT2D eigenvalue weighted by molar-refractivity contribution is 7.89. The van der Waals surface area contributed by atoms with Crippen LogP contribution in [0.1, 0.15) is 25.2 Å². The van der Waals surface area contributed by atoms with Crippen molar-refractivity contribution in [1.82, 2.24) is 24.5 Å². The number of nitrogens with one attached hydrogen (secondary N) is 2. The van der Waals surface area contributed by atoms with Gasteiger partial charge in [-0.1, -0.05) is 12.1 Å². The van der Waals surface area contributed by atoms with E-state index in [0.29, 0.717) is 10.1 Å². The second-order valence-corrected chi connectivity index (χ2v) is 8.00. The van der Waals surface area contributed by atoms with Gasteiger partial charge in [0.25, 0.3) is 5.82 Å². The molecule has 0 radical (unpaired) electrons. The fourth-order valence-corrected chi connectivity index (χ4v) is 3.77. The minimum atomic E-state index is -4.68. The van der Waals surface area contributed by atoms with Crippen LogP contribution in [0.25, 0.3) is 5.65 Å². The molecule has 0 aliphatic heterocycles. The van der Waals surface area contributed by atoms with Gasteiger partial charge >= 0.3 is 6.18 Å². The van der Waals surface area contributed by atoms with Crippen molar-refractivity contribution >= 4 is 21.5 Å². The zero-order valence-corrected chi connectivity index (χ0v) is 15.7. The number of benzene rings is 1. The molecule has 2 aromatic heterocycles. The molecule has 12 heteroatoms. The summed E-state index contributed by atoms with van der Waals surface area (Å²) in [6.45, 7) is 3.59. The zero-order chi connectivity index (χ0) is 20.5. The van der Waals surface area contributed by atoms with E-state index in [1.807, 2.05) is 0 Å². The molecule has 3 rings (SSSR count). The van der Waals surface area contributed by atoms with Crippen LogP contribution in [0.4, 0.5) is 19.0 Å². The zero-order valence-electron chi connectivity index (χ0n) is 14.9. The Morgan fingerprint density at radius 2 is 1.89 bits per heavy atom. The van der Waals surface area contributed by atoms with Gasteiger partial charge in [-0.3, -0.25) is 0 Å². The summed E-state index contributed by atoms with van der Waals surface area (Å²) in [5.41, 5.74) is 0.582. The van der Waals surface area contributed by atoms with E-state index in [4.69, 9.17) is 0 Å². The van der Waals surface area contributed by atoms with Crippen LogP contribution in [-0.4, -0.2) is 34.3 Å². The topological polar surface area (TPSA) is 101 Å². The molecule has 0 bridgehead atoms. The smallest absolute Gasteiger partial charge is 0.365 e. The van der Waals surface area contributed by atoms with E-state index >= 15 is 0 Å². The average Bonchev–Trinajstić information content (AvgIpc) is 3.02. The predicted octanol–water partition coefficient (Wildman–Crippen LogP) is 2.44. The predicted molar refractivity (Wildman–Crippen MR) is 95.0 cm³/mol. The second kappa shape index (κ2) is 7.36. The van der Waals surface area contributed by atoms with Crippen molar-refractivity contribution in [2.75, 3.05) is 5.32 Å². The first-order valence-corrected chi connectivity index (χ1v) is 9.69. The molecule has 150 valence electrons. The fraction of sp³-hybridized carbons (Fsp3) is 0.312. The number of nitrogens with zero attached hydrogens (tertiary/aromatic N) is 4. The van der Waals surface area contributed by atoms with Crippen LogP contribution in [0, 0.1) is 0 Å². The van der Waals surface area contributed by atoms with Crippen LogP contribution < -0.4 is 10.0 Å². The summed E-state index contributed by atoms with van der Waals surface area (Å²) in [6.07, 6.45) is -4.68. The summed E-state index contributed by atoms with van der Waals surface area (Å²) in [5.74, 6) is -1.06. The van der Waals surface area contributed by atoms with E-state index in [2.05, 4.69) is 25.3 Å². The van der Waals surface area contributed by atoms with Crippen LogP contribution >= 0.6 is 0 Å². The van der Waals surface area contributed by atoms with Gasteiger partial charge < -0.3 is 5.32 Å². The maximum Gasteiger partial charge on any atom is 0.453 e. The van der Waals surface area contributed by atoms with Crippen molar-refractivity contribution in [3.05, 3.63) is 47.8 Å². The van der Waals surface area contributed by atoms with Gasteiger partial charge in [0.15, 0.2) is 5.65 Å².